The molecule has 0 saturated carbocycles. The van der Waals surface area contributed by atoms with E-state index in [0.29, 0.717) is 0 Å². The van der Waals surface area contributed by atoms with Crippen molar-refractivity contribution in [1.29, 1.82) is 0 Å². The third-order valence-electron chi connectivity index (χ3n) is 2.12. The lowest BCUT2D eigenvalue weighted by atomic mass is 10.2. The topological polar surface area (TPSA) is 53.1 Å². The molecule has 1 aromatic carbocycles. The summed E-state index contributed by atoms with van der Waals surface area (Å²) in [5, 5.41) is 9.71. The van der Waals surface area contributed by atoms with Crippen LogP contribution in [0.15, 0.2) is 22.7 Å². The van der Waals surface area contributed by atoms with E-state index in [9.17, 15) is 4.79 Å². The number of halogens is 1. The molecule has 2 N–H and O–H groups in total. The molecule has 1 heterocycles. The molecule has 0 amide bonds. The Balaban J connectivity index is 2.76. The number of aromatic amines is 1. The molecule has 1 aromatic heterocycles. The van der Waals surface area contributed by atoms with E-state index >= 15 is 0 Å². The number of benzene rings is 1. The Hall–Kier alpha value is -1.29. The van der Waals surface area contributed by atoms with Crippen LogP contribution in [-0.4, -0.2) is 16.1 Å². The Labute approximate surface area is 88.9 Å². The maximum Gasteiger partial charge on any atom is 0.352 e. The highest BCUT2D eigenvalue weighted by Gasteiger charge is 2.08. The molecule has 0 unspecified atom stereocenters. The number of H-pyrrole nitrogens is 1. The molecule has 0 radical (unpaired) electrons. The second-order valence-electron chi connectivity index (χ2n) is 3.18. The summed E-state index contributed by atoms with van der Waals surface area (Å²) in [7, 11) is 0. The van der Waals surface area contributed by atoms with Crippen LogP contribution in [0.3, 0.4) is 0 Å². The van der Waals surface area contributed by atoms with Crippen LogP contribution in [0, 0.1) is 6.92 Å². The molecule has 14 heavy (non-hydrogen) atoms. The van der Waals surface area contributed by atoms with Crippen molar-refractivity contribution in [2.45, 2.75) is 6.92 Å². The molecule has 0 bridgehead atoms. The quantitative estimate of drug-likeness (QED) is 0.821. The normalized spacial score (nSPS) is 10.7. The van der Waals surface area contributed by atoms with Crippen molar-refractivity contribution in [2.75, 3.05) is 0 Å². The van der Waals surface area contributed by atoms with Gasteiger partial charge in [0.25, 0.3) is 0 Å². The van der Waals surface area contributed by atoms with E-state index in [2.05, 4.69) is 20.9 Å². The number of aromatic carboxylic acids is 1. The van der Waals surface area contributed by atoms with Gasteiger partial charge in [-0.2, -0.15) is 0 Å². The van der Waals surface area contributed by atoms with Gasteiger partial charge in [0.05, 0.1) is 0 Å². The molecule has 0 aliphatic heterocycles. The molecular formula is C10H8BrNO2. The van der Waals surface area contributed by atoms with Crippen molar-refractivity contribution in [3.05, 3.63) is 33.9 Å². The second kappa shape index (κ2) is 3.13. The van der Waals surface area contributed by atoms with Crippen LogP contribution in [0.1, 0.15) is 16.1 Å². The van der Waals surface area contributed by atoms with Gasteiger partial charge in [0.1, 0.15) is 5.69 Å². The number of aromatic nitrogens is 1. The third kappa shape index (κ3) is 1.42. The van der Waals surface area contributed by atoms with E-state index in [-0.39, 0.29) is 5.69 Å². The average Bonchev–Trinajstić information content (AvgIpc) is 2.47. The highest BCUT2D eigenvalue weighted by molar-refractivity contribution is 9.10. The first-order valence-electron chi connectivity index (χ1n) is 4.10. The molecule has 4 heteroatoms. The zero-order chi connectivity index (χ0) is 10.3. The Kier molecular flexibility index (Phi) is 2.07. The zero-order valence-electron chi connectivity index (χ0n) is 7.47. The molecule has 0 atom stereocenters. The lowest BCUT2D eigenvalue weighted by Crippen LogP contribution is -1.94. The highest BCUT2D eigenvalue weighted by Crippen LogP contribution is 2.24. The SMILES string of the molecule is Cc1cc(Br)cc2cc(C(=O)O)[nH]c12. The molecule has 72 valence electrons. The number of nitrogens with one attached hydrogen (secondary N) is 1. The Morgan fingerprint density at radius 2 is 2.14 bits per heavy atom. The fourth-order valence-corrected chi connectivity index (χ4v) is 2.09. The Bertz CT molecular complexity index is 516. The molecular weight excluding hydrogens is 246 g/mol. The predicted molar refractivity (Wildman–Crippen MR) is 57.7 cm³/mol. The molecule has 0 spiro atoms. The molecule has 0 saturated heterocycles. The number of carboxylic acid groups (broad SMARTS) is 1. The van der Waals surface area contributed by atoms with Gasteiger partial charge in [-0.15, -0.1) is 0 Å². The summed E-state index contributed by atoms with van der Waals surface area (Å²) in [6, 6.07) is 5.48. The van der Waals surface area contributed by atoms with E-state index in [4.69, 9.17) is 5.11 Å². The van der Waals surface area contributed by atoms with Crippen LogP contribution >= 0.6 is 15.9 Å². The van der Waals surface area contributed by atoms with Crippen LogP contribution in [0.2, 0.25) is 0 Å². The number of hydrogen-bond donors (Lipinski definition) is 2. The van der Waals surface area contributed by atoms with Gasteiger partial charge in [0.15, 0.2) is 0 Å². The fraction of sp³-hybridized carbons (Fsp3) is 0.100. The second-order valence-corrected chi connectivity index (χ2v) is 4.09. The van der Waals surface area contributed by atoms with E-state index in [0.717, 1.165) is 20.9 Å². The summed E-state index contributed by atoms with van der Waals surface area (Å²) in [5.74, 6) is -0.934. The zero-order valence-corrected chi connectivity index (χ0v) is 9.05. The van der Waals surface area contributed by atoms with Crippen molar-refractivity contribution in [3.8, 4) is 0 Å². The minimum absolute atomic E-state index is 0.223. The monoisotopic (exact) mass is 253 g/mol. The van der Waals surface area contributed by atoms with Gasteiger partial charge in [-0.1, -0.05) is 15.9 Å². The van der Waals surface area contributed by atoms with Crippen LogP contribution < -0.4 is 0 Å². The average molecular weight is 254 g/mol. The van der Waals surface area contributed by atoms with Crippen molar-refractivity contribution in [2.24, 2.45) is 0 Å². The lowest BCUT2D eigenvalue weighted by molar-refractivity contribution is 0.0691. The molecule has 0 fully saturated rings. The first kappa shape index (κ1) is 9.27. The minimum atomic E-state index is -0.934. The number of aryl methyl sites for hydroxylation is 1. The van der Waals surface area contributed by atoms with E-state index in [1.807, 2.05) is 19.1 Å². The van der Waals surface area contributed by atoms with Crippen molar-refractivity contribution >= 4 is 32.8 Å². The smallest absolute Gasteiger partial charge is 0.352 e. The van der Waals surface area contributed by atoms with Crippen LogP contribution in [0.5, 0.6) is 0 Å². The molecule has 0 aliphatic rings. The minimum Gasteiger partial charge on any atom is -0.477 e. The van der Waals surface area contributed by atoms with Gasteiger partial charge >= 0.3 is 5.97 Å². The standard InChI is InChI=1S/C10H8BrNO2/c1-5-2-7(11)3-6-4-8(10(13)14)12-9(5)6/h2-4,12H,1H3,(H,13,14). The molecule has 3 nitrogen and oxygen atoms in total. The molecule has 2 aromatic rings. The largest absolute Gasteiger partial charge is 0.477 e. The summed E-state index contributed by atoms with van der Waals surface area (Å²) in [4.78, 5) is 13.6. The predicted octanol–water partition coefficient (Wildman–Crippen LogP) is 2.94. The number of fused-ring (bicyclic) bond motifs is 1. The Morgan fingerprint density at radius 1 is 1.43 bits per heavy atom. The van der Waals surface area contributed by atoms with Gasteiger partial charge in [0.2, 0.25) is 0 Å². The van der Waals surface area contributed by atoms with Gasteiger partial charge in [-0.05, 0) is 30.7 Å². The summed E-state index contributed by atoms with van der Waals surface area (Å²) < 4.78 is 0.957. The number of hydrogen-bond acceptors (Lipinski definition) is 1. The third-order valence-corrected chi connectivity index (χ3v) is 2.58. The van der Waals surface area contributed by atoms with Crippen molar-refractivity contribution in [1.82, 2.24) is 4.98 Å². The molecule has 0 aliphatic carbocycles. The maximum absolute atomic E-state index is 10.7. The van der Waals surface area contributed by atoms with E-state index in [1.54, 1.807) is 6.07 Å². The number of carbonyl (C=O) groups is 1. The maximum atomic E-state index is 10.7. The van der Waals surface area contributed by atoms with Crippen LogP contribution in [-0.2, 0) is 0 Å². The summed E-state index contributed by atoms with van der Waals surface area (Å²) >= 11 is 3.37. The van der Waals surface area contributed by atoms with Gasteiger partial charge in [-0.3, -0.25) is 0 Å². The summed E-state index contributed by atoms with van der Waals surface area (Å²) in [5.41, 5.74) is 2.13. The summed E-state index contributed by atoms with van der Waals surface area (Å²) in [6.07, 6.45) is 0. The van der Waals surface area contributed by atoms with Gasteiger partial charge in [0, 0.05) is 15.4 Å². The summed E-state index contributed by atoms with van der Waals surface area (Å²) in [6.45, 7) is 1.94. The fourth-order valence-electron chi connectivity index (χ4n) is 1.50. The van der Waals surface area contributed by atoms with Crippen LogP contribution in [0.25, 0.3) is 10.9 Å². The van der Waals surface area contributed by atoms with Gasteiger partial charge < -0.3 is 10.1 Å². The van der Waals surface area contributed by atoms with E-state index < -0.39 is 5.97 Å². The first-order chi connectivity index (χ1) is 6.58. The Morgan fingerprint density at radius 3 is 2.79 bits per heavy atom. The number of carboxylic acids is 1. The number of rotatable bonds is 1. The van der Waals surface area contributed by atoms with Crippen LogP contribution in [0.4, 0.5) is 0 Å². The first-order valence-corrected chi connectivity index (χ1v) is 4.89. The highest BCUT2D eigenvalue weighted by atomic mass is 79.9. The van der Waals surface area contributed by atoms with Crippen molar-refractivity contribution in [3.63, 3.8) is 0 Å². The van der Waals surface area contributed by atoms with E-state index in [1.165, 1.54) is 0 Å². The van der Waals surface area contributed by atoms with Crippen molar-refractivity contribution < 1.29 is 9.90 Å². The van der Waals surface area contributed by atoms with Gasteiger partial charge in [-0.25, -0.2) is 4.79 Å². The lowest BCUT2D eigenvalue weighted by Gasteiger charge is -1.96. The molecule has 2 rings (SSSR count).